The van der Waals surface area contributed by atoms with Crippen LogP contribution in [0.3, 0.4) is 0 Å². The zero-order valence-corrected chi connectivity index (χ0v) is 14.7. The second-order valence-electron chi connectivity index (χ2n) is 6.75. The Morgan fingerprint density at radius 3 is 2.44 bits per heavy atom. The van der Waals surface area contributed by atoms with E-state index in [0.29, 0.717) is 18.2 Å². The van der Waals surface area contributed by atoms with Crippen LogP contribution in [0.2, 0.25) is 0 Å². The van der Waals surface area contributed by atoms with Crippen molar-refractivity contribution in [1.82, 2.24) is 15.1 Å². The van der Waals surface area contributed by atoms with E-state index in [1.165, 1.54) is 6.42 Å². The molecule has 1 heterocycles. The third kappa shape index (κ3) is 5.19. The molecule has 1 aliphatic heterocycles. The zero-order valence-electron chi connectivity index (χ0n) is 14.7. The quantitative estimate of drug-likeness (QED) is 0.805. The van der Waals surface area contributed by atoms with Crippen LogP contribution in [-0.4, -0.2) is 67.5 Å². The lowest BCUT2D eigenvalue weighted by Gasteiger charge is -2.38. The maximum absolute atomic E-state index is 12.2. The second kappa shape index (κ2) is 8.85. The van der Waals surface area contributed by atoms with Gasteiger partial charge in [0.2, 0.25) is 5.91 Å². The fourth-order valence-corrected chi connectivity index (χ4v) is 3.18. The highest BCUT2D eigenvalue weighted by Crippen LogP contribution is 2.28. The van der Waals surface area contributed by atoms with Crippen LogP contribution in [-0.2, 0) is 9.59 Å². The van der Waals surface area contributed by atoms with Crippen LogP contribution in [0, 0.1) is 5.92 Å². The molecule has 2 aliphatic rings. The summed E-state index contributed by atoms with van der Waals surface area (Å²) in [6, 6.07) is 9.33. The number of amides is 2. The highest BCUT2D eigenvalue weighted by Gasteiger charge is 2.30. The van der Waals surface area contributed by atoms with Crippen LogP contribution < -0.4 is 10.1 Å². The second-order valence-corrected chi connectivity index (χ2v) is 6.75. The molecule has 1 saturated heterocycles. The van der Waals surface area contributed by atoms with Crippen molar-refractivity contribution in [2.75, 3.05) is 45.9 Å². The van der Waals surface area contributed by atoms with Gasteiger partial charge < -0.3 is 15.0 Å². The molecular formula is C19H27N3O3. The Balaban J connectivity index is 1.27. The van der Waals surface area contributed by atoms with E-state index in [1.54, 1.807) is 0 Å². The number of nitrogens with one attached hydrogen (secondary N) is 1. The van der Waals surface area contributed by atoms with Crippen molar-refractivity contribution in [2.45, 2.75) is 19.3 Å². The topological polar surface area (TPSA) is 61.9 Å². The summed E-state index contributed by atoms with van der Waals surface area (Å²) in [4.78, 5) is 28.3. The molecule has 1 saturated carbocycles. The van der Waals surface area contributed by atoms with Crippen molar-refractivity contribution < 1.29 is 14.3 Å². The minimum atomic E-state index is -0.109. The molecular weight excluding hydrogens is 318 g/mol. The molecule has 0 unspecified atom stereocenters. The predicted molar refractivity (Wildman–Crippen MR) is 95.3 cm³/mol. The summed E-state index contributed by atoms with van der Waals surface area (Å²) in [5, 5.41) is 2.88. The summed E-state index contributed by atoms with van der Waals surface area (Å²) in [5.41, 5.74) is 0. The number of benzene rings is 1. The Hall–Kier alpha value is -2.08. The Morgan fingerprint density at radius 1 is 1.08 bits per heavy atom. The van der Waals surface area contributed by atoms with Crippen molar-refractivity contribution >= 4 is 11.8 Å². The van der Waals surface area contributed by atoms with Gasteiger partial charge in [-0.25, -0.2) is 0 Å². The van der Waals surface area contributed by atoms with Crippen LogP contribution in [0.5, 0.6) is 5.75 Å². The lowest BCUT2D eigenvalue weighted by atomic mass is 9.84. The zero-order chi connectivity index (χ0) is 17.5. The SMILES string of the molecule is O=C(COc1ccccc1)NCCN1CCN(C(=O)C2CCC2)CC1. The monoisotopic (exact) mass is 345 g/mol. The standard InChI is InChI=1S/C19H27N3O3/c23-18(15-25-17-7-2-1-3-8-17)20-9-10-21-11-13-22(14-12-21)19(24)16-5-4-6-16/h1-3,7-8,16H,4-6,9-15H2,(H,20,23). The average molecular weight is 345 g/mol. The van der Waals surface area contributed by atoms with Gasteiger partial charge in [-0.3, -0.25) is 14.5 Å². The van der Waals surface area contributed by atoms with Gasteiger partial charge in [0.05, 0.1) is 0 Å². The van der Waals surface area contributed by atoms with Gasteiger partial charge in [-0.2, -0.15) is 0 Å². The Kier molecular flexibility index (Phi) is 6.28. The van der Waals surface area contributed by atoms with E-state index in [0.717, 1.165) is 45.6 Å². The van der Waals surface area contributed by atoms with Gasteiger partial charge in [-0.1, -0.05) is 24.6 Å². The number of hydrogen-bond acceptors (Lipinski definition) is 4. The number of carbonyl (C=O) groups is 2. The first-order chi connectivity index (χ1) is 12.2. The number of ether oxygens (including phenoxy) is 1. The lowest BCUT2D eigenvalue weighted by Crippen LogP contribution is -2.52. The minimum Gasteiger partial charge on any atom is -0.484 e. The largest absolute Gasteiger partial charge is 0.484 e. The lowest BCUT2D eigenvalue weighted by molar-refractivity contribution is -0.139. The molecule has 0 aromatic heterocycles. The van der Waals surface area contributed by atoms with Gasteiger partial charge in [0.25, 0.3) is 5.91 Å². The Labute approximate surface area is 149 Å². The summed E-state index contributed by atoms with van der Waals surface area (Å²) >= 11 is 0. The third-order valence-corrected chi connectivity index (χ3v) is 5.00. The maximum atomic E-state index is 12.2. The normalized spacial score (nSPS) is 18.5. The van der Waals surface area contributed by atoms with Crippen LogP contribution >= 0.6 is 0 Å². The molecule has 1 aliphatic carbocycles. The van der Waals surface area contributed by atoms with Gasteiger partial charge in [0.1, 0.15) is 5.75 Å². The van der Waals surface area contributed by atoms with Crippen LogP contribution in [0.25, 0.3) is 0 Å². The van der Waals surface area contributed by atoms with Crippen molar-refractivity contribution in [1.29, 1.82) is 0 Å². The number of piperazine rings is 1. The van der Waals surface area contributed by atoms with Gasteiger partial charge in [0.15, 0.2) is 6.61 Å². The van der Waals surface area contributed by atoms with Crippen LogP contribution in [0.15, 0.2) is 30.3 Å². The van der Waals surface area contributed by atoms with Crippen molar-refractivity contribution in [2.24, 2.45) is 5.92 Å². The molecule has 1 aromatic carbocycles. The molecule has 0 atom stereocenters. The highest BCUT2D eigenvalue weighted by molar-refractivity contribution is 5.79. The van der Waals surface area contributed by atoms with E-state index in [9.17, 15) is 9.59 Å². The predicted octanol–water partition coefficient (Wildman–Crippen LogP) is 1.13. The summed E-state index contributed by atoms with van der Waals surface area (Å²) < 4.78 is 5.42. The first-order valence-electron chi connectivity index (χ1n) is 9.18. The third-order valence-electron chi connectivity index (χ3n) is 5.00. The number of nitrogens with zero attached hydrogens (tertiary/aromatic N) is 2. The molecule has 0 radical (unpaired) electrons. The molecule has 6 nitrogen and oxygen atoms in total. The van der Waals surface area contributed by atoms with E-state index in [4.69, 9.17) is 4.74 Å². The van der Waals surface area contributed by atoms with E-state index >= 15 is 0 Å². The van der Waals surface area contributed by atoms with E-state index in [-0.39, 0.29) is 18.4 Å². The summed E-state index contributed by atoms with van der Waals surface area (Å²) in [6.07, 6.45) is 3.33. The Bertz CT molecular complexity index is 567. The van der Waals surface area contributed by atoms with Crippen molar-refractivity contribution in [3.8, 4) is 5.75 Å². The summed E-state index contributed by atoms with van der Waals surface area (Å²) in [6.45, 7) is 4.83. The first kappa shape index (κ1) is 17.7. The number of para-hydroxylation sites is 1. The fourth-order valence-electron chi connectivity index (χ4n) is 3.18. The highest BCUT2D eigenvalue weighted by atomic mass is 16.5. The molecule has 1 aromatic rings. The fraction of sp³-hybridized carbons (Fsp3) is 0.579. The van der Waals surface area contributed by atoms with Gasteiger partial charge >= 0.3 is 0 Å². The number of hydrogen-bond donors (Lipinski definition) is 1. The van der Waals surface area contributed by atoms with Crippen LogP contribution in [0.1, 0.15) is 19.3 Å². The molecule has 25 heavy (non-hydrogen) atoms. The smallest absolute Gasteiger partial charge is 0.257 e. The van der Waals surface area contributed by atoms with Gasteiger partial charge in [0, 0.05) is 45.2 Å². The molecule has 6 heteroatoms. The molecule has 3 rings (SSSR count). The molecule has 0 spiro atoms. The summed E-state index contributed by atoms with van der Waals surface area (Å²) in [7, 11) is 0. The van der Waals surface area contributed by atoms with E-state index < -0.39 is 0 Å². The Morgan fingerprint density at radius 2 is 1.80 bits per heavy atom. The van der Waals surface area contributed by atoms with Crippen molar-refractivity contribution in [3.63, 3.8) is 0 Å². The molecule has 2 fully saturated rings. The molecule has 2 amide bonds. The number of rotatable bonds is 7. The maximum Gasteiger partial charge on any atom is 0.257 e. The summed E-state index contributed by atoms with van der Waals surface area (Å²) in [5.74, 6) is 1.22. The minimum absolute atomic E-state index is 0.0354. The average Bonchev–Trinajstić information content (AvgIpc) is 2.60. The molecule has 136 valence electrons. The van der Waals surface area contributed by atoms with E-state index in [1.807, 2.05) is 35.2 Å². The molecule has 1 N–H and O–H groups in total. The van der Waals surface area contributed by atoms with Crippen molar-refractivity contribution in [3.05, 3.63) is 30.3 Å². The van der Waals surface area contributed by atoms with Crippen LogP contribution in [0.4, 0.5) is 0 Å². The first-order valence-corrected chi connectivity index (χ1v) is 9.18. The van der Waals surface area contributed by atoms with Gasteiger partial charge in [-0.15, -0.1) is 0 Å². The molecule has 0 bridgehead atoms. The van der Waals surface area contributed by atoms with E-state index in [2.05, 4.69) is 10.2 Å². The number of carbonyl (C=O) groups excluding carboxylic acids is 2. The van der Waals surface area contributed by atoms with Gasteiger partial charge in [-0.05, 0) is 25.0 Å².